The second-order valence-corrected chi connectivity index (χ2v) is 3.92. The summed E-state index contributed by atoms with van der Waals surface area (Å²) < 4.78 is 0. The van der Waals surface area contributed by atoms with E-state index in [0.717, 1.165) is 10.0 Å². The number of amides is 2. The van der Waals surface area contributed by atoms with Crippen LogP contribution in [0.1, 0.15) is 26.7 Å². The first-order chi connectivity index (χ1) is 6.36. The average Bonchev–Trinajstić information content (AvgIpc) is 2.00. The van der Waals surface area contributed by atoms with Crippen LogP contribution in [-0.2, 0) is 0 Å². The molecule has 0 aromatic heterocycles. The second-order valence-electron chi connectivity index (χ2n) is 3.92. The van der Waals surface area contributed by atoms with Crippen molar-refractivity contribution >= 4 is 12.2 Å². The molecule has 2 N–H and O–H groups in total. The first-order valence-electron chi connectivity index (χ1n) is 4.40. The molecule has 0 saturated carbocycles. The maximum atomic E-state index is 10.9. The normalized spacial score (nSPS) is 20.7. The predicted molar refractivity (Wildman–Crippen MR) is 47.9 cm³/mol. The number of hydrazine groups is 1. The van der Waals surface area contributed by atoms with Crippen molar-refractivity contribution in [2.45, 2.75) is 32.2 Å². The molecule has 0 unspecified atom stereocenters. The summed E-state index contributed by atoms with van der Waals surface area (Å²) in [6, 6.07) is 0. The molecule has 0 aromatic carbocycles. The van der Waals surface area contributed by atoms with E-state index >= 15 is 0 Å². The topological polar surface area (TPSA) is 81.1 Å². The third-order valence-electron chi connectivity index (χ3n) is 2.38. The van der Waals surface area contributed by atoms with Gasteiger partial charge in [-0.15, -0.1) is 0 Å². The van der Waals surface area contributed by atoms with Gasteiger partial charge < -0.3 is 10.2 Å². The van der Waals surface area contributed by atoms with Crippen LogP contribution in [0.4, 0.5) is 9.59 Å². The summed E-state index contributed by atoms with van der Waals surface area (Å²) in [7, 11) is 0. The number of rotatable bonds is 0. The summed E-state index contributed by atoms with van der Waals surface area (Å²) in [4.78, 5) is 21.7. The third kappa shape index (κ3) is 1.73. The van der Waals surface area contributed by atoms with Gasteiger partial charge in [-0.05, 0) is 26.7 Å². The monoisotopic (exact) mass is 202 g/mol. The molecule has 80 valence electrons. The molecule has 6 heteroatoms. The first-order valence-corrected chi connectivity index (χ1v) is 4.40. The van der Waals surface area contributed by atoms with Gasteiger partial charge in [0.2, 0.25) is 0 Å². The molecule has 6 nitrogen and oxygen atoms in total. The van der Waals surface area contributed by atoms with Crippen molar-refractivity contribution in [2.24, 2.45) is 0 Å². The van der Waals surface area contributed by atoms with Crippen molar-refractivity contribution in [3.8, 4) is 0 Å². The van der Waals surface area contributed by atoms with Gasteiger partial charge in [0.15, 0.2) is 0 Å². The first kappa shape index (κ1) is 10.6. The zero-order valence-electron chi connectivity index (χ0n) is 8.23. The average molecular weight is 202 g/mol. The van der Waals surface area contributed by atoms with Gasteiger partial charge in [-0.25, -0.2) is 19.6 Å². The predicted octanol–water partition coefficient (Wildman–Crippen LogP) is 1.43. The molecular formula is C8H14N2O4. The molecule has 0 radical (unpaired) electrons. The van der Waals surface area contributed by atoms with Gasteiger partial charge >= 0.3 is 12.2 Å². The van der Waals surface area contributed by atoms with Crippen molar-refractivity contribution in [3.05, 3.63) is 0 Å². The molecule has 1 heterocycles. The molecule has 0 aliphatic carbocycles. The van der Waals surface area contributed by atoms with Crippen LogP contribution in [0, 0.1) is 0 Å². The number of carbonyl (C=O) groups is 2. The lowest BCUT2D eigenvalue weighted by atomic mass is 9.95. The molecule has 2 amide bonds. The molecule has 1 saturated heterocycles. The Morgan fingerprint density at radius 3 is 2.14 bits per heavy atom. The van der Waals surface area contributed by atoms with E-state index in [0.29, 0.717) is 12.8 Å². The number of nitrogens with zero attached hydrogens (tertiary/aromatic N) is 2. The Labute approximate surface area is 81.7 Å². The highest BCUT2D eigenvalue weighted by Crippen LogP contribution is 2.28. The van der Waals surface area contributed by atoms with Crippen molar-refractivity contribution in [1.82, 2.24) is 10.0 Å². The molecule has 1 aliphatic rings. The Hall–Kier alpha value is -1.46. The summed E-state index contributed by atoms with van der Waals surface area (Å²) in [6.07, 6.45) is -1.09. The number of hydrogen-bond donors (Lipinski definition) is 2. The van der Waals surface area contributed by atoms with Gasteiger partial charge in [0.05, 0.1) is 5.54 Å². The van der Waals surface area contributed by atoms with Gasteiger partial charge in [0, 0.05) is 6.54 Å². The Balaban J connectivity index is 2.96. The summed E-state index contributed by atoms with van der Waals surface area (Å²) in [5.41, 5.74) is -0.650. The Morgan fingerprint density at radius 2 is 1.79 bits per heavy atom. The summed E-state index contributed by atoms with van der Waals surface area (Å²) in [5.74, 6) is 0. The highest BCUT2D eigenvalue weighted by atomic mass is 16.4. The molecular weight excluding hydrogens is 188 g/mol. The van der Waals surface area contributed by atoms with Crippen LogP contribution in [0.2, 0.25) is 0 Å². The third-order valence-corrected chi connectivity index (χ3v) is 2.38. The van der Waals surface area contributed by atoms with E-state index < -0.39 is 17.7 Å². The van der Waals surface area contributed by atoms with E-state index in [4.69, 9.17) is 10.2 Å². The van der Waals surface area contributed by atoms with Crippen molar-refractivity contribution in [1.29, 1.82) is 0 Å². The van der Waals surface area contributed by atoms with E-state index in [9.17, 15) is 9.59 Å². The van der Waals surface area contributed by atoms with Crippen LogP contribution in [0.25, 0.3) is 0 Å². The van der Waals surface area contributed by atoms with E-state index in [-0.39, 0.29) is 6.54 Å². The van der Waals surface area contributed by atoms with Crippen LogP contribution in [0.5, 0.6) is 0 Å². The van der Waals surface area contributed by atoms with E-state index in [1.807, 2.05) is 0 Å². The van der Waals surface area contributed by atoms with Crippen LogP contribution in [-0.4, -0.2) is 44.5 Å². The minimum atomic E-state index is -1.22. The Bertz CT molecular complexity index is 264. The highest BCUT2D eigenvalue weighted by molar-refractivity contribution is 5.72. The van der Waals surface area contributed by atoms with Gasteiger partial charge in [-0.1, -0.05) is 0 Å². The fourth-order valence-electron chi connectivity index (χ4n) is 1.74. The zero-order valence-corrected chi connectivity index (χ0v) is 8.23. The van der Waals surface area contributed by atoms with E-state index in [1.54, 1.807) is 13.8 Å². The molecule has 0 atom stereocenters. The summed E-state index contributed by atoms with van der Waals surface area (Å²) in [6.45, 7) is 3.68. The SMILES string of the molecule is CC1(C)CCCN(C(=O)O)N1C(=O)O. The van der Waals surface area contributed by atoms with Gasteiger partial charge in [0.1, 0.15) is 0 Å². The standard InChI is InChI=1S/C8H14N2O4/c1-8(2)4-3-5-9(6(11)12)10(8)7(13)14/h3-5H2,1-2H3,(H,11,12)(H,13,14). The molecule has 1 aliphatic heterocycles. The van der Waals surface area contributed by atoms with Crippen LogP contribution in [0.15, 0.2) is 0 Å². The van der Waals surface area contributed by atoms with Crippen molar-refractivity contribution in [3.63, 3.8) is 0 Å². The molecule has 14 heavy (non-hydrogen) atoms. The molecule has 0 bridgehead atoms. The fraction of sp³-hybridized carbons (Fsp3) is 0.750. The maximum Gasteiger partial charge on any atom is 0.427 e. The van der Waals surface area contributed by atoms with Crippen LogP contribution in [0.3, 0.4) is 0 Å². The molecule has 0 aromatic rings. The smallest absolute Gasteiger partial charge is 0.427 e. The summed E-state index contributed by atoms with van der Waals surface area (Å²) >= 11 is 0. The van der Waals surface area contributed by atoms with Crippen molar-refractivity contribution in [2.75, 3.05) is 6.54 Å². The lowest BCUT2D eigenvalue weighted by Gasteiger charge is -2.45. The summed E-state index contributed by atoms with van der Waals surface area (Å²) in [5, 5.41) is 19.5. The van der Waals surface area contributed by atoms with Crippen LogP contribution >= 0.6 is 0 Å². The van der Waals surface area contributed by atoms with Gasteiger partial charge in [-0.3, -0.25) is 0 Å². The number of hydrogen-bond acceptors (Lipinski definition) is 2. The maximum absolute atomic E-state index is 10.9. The molecule has 0 spiro atoms. The minimum Gasteiger partial charge on any atom is -0.464 e. The highest BCUT2D eigenvalue weighted by Gasteiger charge is 2.41. The lowest BCUT2D eigenvalue weighted by molar-refractivity contribution is -0.0825. The van der Waals surface area contributed by atoms with E-state index in [2.05, 4.69) is 0 Å². The quantitative estimate of drug-likeness (QED) is 0.622. The number of carboxylic acid groups (broad SMARTS) is 2. The van der Waals surface area contributed by atoms with Gasteiger partial charge in [-0.2, -0.15) is 0 Å². The van der Waals surface area contributed by atoms with E-state index in [1.165, 1.54) is 0 Å². The molecule has 1 fully saturated rings. The van der Waals surface area contributed by atoms with Gasteiger partial charge in [0.25, 0.3) is 0 Å². The lowest BCUT2D eigenvalue weighted by Crippen LogP contribution is -2.61. The fourth-order valence-corrected chi connectivity index (χ4v) is 1.74. The largest absolute Gasteiger partial charge is 0.464 e. The van der Waals surface area contributed by atoms with Crippen molar-refractivity contribution < 1.29 is 19.8 Å². The Morgan fingerprint density at radius 1 is 1.21 bits per heavy atom. The zero-order chi connectivity index (χ0) is 10.9. The molecule has 1 rings (SSSR count). The van der Waals surface area contributed by atoms with Crippen LogP contribution < -0.4 is 0 Å². The minimum absolute atomic E-state index is 0.241. The Kier molecular flexibility index (Phi) is 2.55. The second kappa shape index (κ2) is 3.36.